The molecule has 1 aromatic heterocycles. The first-order valence-electron chi connectivity index (χ1n) is 8.22. The average molecular weight is 314 g/mol. The minimum atomic E-state index is -0.693. The number of hydrogen-bond donors (Lipinski definition) is 2. The highest BCUT2D eigenvalue weighted by atomic mass is 16.5. The molecule has 0 bridgehead atoms. The van der Waals surface area contributed by atoms with Crippen molar-refractivity contribution >= 4 is 16.9 Å². The molecule has 1 saturated heterocycles. The van der Waals surface area contributed by atoms with Gasteiger partial charge in [-0.2, -0.15) is 0 Å². The van der Waals surface area contributed by atoms with E-state index in [1.807, 2.05) is 12.1 Å². The third-order valence-corrected chi connectivity index (χ3v) is 5.81. The summed E-state index contributed by atoms with van der Waals surface area (Å²) in [5.41, 5.74) is 2.94. The summed E-state index contributed by atoms with van der Waals surface area (Å²) >= 11 is 0. The van der Waals surface area contributed by atoms with Gasteiger partial charge in [0, 0.05) is 29.2 Å². The Hall–Kier alpha value is -2.01. The summed E-state index contributed by atoms with van der Waals surface area (Å²) in [5, 5.41) is 11.0. The van der Waals surface area contributed by atoms with E-state index in [0.29, 0.717) is 0 Å². The first kappa shape index (κ1) is 14.6. The largest absolute Gasteiger partial charge is 0.497 e. The van der Waals surface area contributed by atoms with Gasteiger partial charge in [0.05, 0.1) is 18.6 Å². The first-order valence-corrected chi connectivity index (χ1v) is 8.22. The van der Waals surface area contributed by atoms with Crippen LogP contribution >= 0.6 is 0 Å². The zero-order valence-electron chi connectivity index (χ0n) is 13.6. The normalized spacial score (nSPS) is 27.5. The van der Waals surface area contributed by atoms with Gasteiger partial charge in [-0.25, -0.2) is 0 Å². The van der Waals surface area contributed by atoms with Crippen LogP contribution in [-0.4, -0.2) is 41.2 Å². The lowest BCUT2D eigenvalue weighted by atomic mass is 9.72. The number of fused-ring (bicyclic) bond motifs is 5. The van der Waals surface area contributed by atoms with Crippen molar-refractivity contribution < 1.29 is 14.6 Å². The van der Waals surface area contributed by atoms with E-state index in [9.17, 15) is 9.90 Å². The number of aromatic amines is 1. The predicted octanol–water partition coefficient (Wildman–Crippen LogP) is 2.74. The fourth-order valence-corrected chi connectivity index (χ4v) is 4.56. The van der Waals surface area contributed by atoms with Crippen LogP contribution in [-0.2, 0) is 16.8 Å². The molecule has 5 nitrogen and oxygen atoms in total. The van der Waals surface area contributed by atoms with Gasteiger partial charge in [-0.05, 0) is 50.4 Å². The number of carbonyl (C=O) groups is 1. The topological polar surface area (TPSA) is 65.6 Å². The van der Waals surface area contributed by atoms with E-state index >= 15 is 0 Å². The fraction of sp³-hybridized carbons (Fsp3) is 0.500. The van der Waals surface area contributed by atoms with Gasteiger partial charge in [-0.3, -0.25) is 9.69 Å². The predicted molar refractivity (Wildman–Crippen MR) is 87.8 cm³/mol. The van der Waals surface area contributed by atoms with Crippen molar-refractivity contribution in [3.8, 4) is 5.75 Å². The molecule has 2 aliphatic heterocycles. The smallest absolute Gasteiger partial charge is 0.308 e. The van der Waals surface area contributed by atoms with E-state index in [1.54, 1.807) is 7.11 Å². The lowest BCUT2D eigenvalue weighted by Gasteiger charge is -2.51. The molecule has 0 aliphatic carbocycles. The molecule has 122 valence electrons. The zero-order chi connectivity index (χ0) is 16.2. The average Bonchev–Trinajstić information content (AvgIpc) is 2.92. The number of carboxylic acids is 1. The molecule has 2 N–H and O–H groups in total. The molecule has 0 radical (unpaired) electrons. The van der Waals surface area contributed by atoms with Gasteiger partial charge in [0.25, 0.3) is 0 Å². The number of benzene rings is 1. The molecule has 5 heteroatoms. The number of nitrogens with one attached hydrogen (secondary N) is 1. The second-order valence-electron chi connectivity index (χ2n) is 6.81. The number of methoxy groups -OCH3 is 1. The molecule has 0 saturated carbocycles. The highest BCUT2D eigenvalue weighted by Gasteiger charge is 2.51. The molecule has 3 heterocycles. The van der Waals surface area contributed by atoms with Crippen LogP contribution in [0, 0.1) is 5.92 Å². The molecule has 1 fully saturated rings. The number of nitrogens with zero attached hydrogens (tertiary/aromatic N) is 1. The SMILES string of the molecule is COc1ccc2c3c([nH]c2c1)C1(C)C(C(=O)O)CCCN1CC3. The van der Waals surface area contributed by atoms with Crippen LogP contribution in [0.2, 0.25) is 0 Å². The monoisotopic (exact) mass is 314 g/mol. The lowest BCUT2D eigenvalue weighted by Crippen LogP contribution is -2.58. The Morgan fingerprint density at radius 2 is 2.26 bits per heavy atom. The Morgan fingerprint density at radius 3 is 3.00 bits per heavy atom. The summed E-state index contributed by atoms with van der Waals surface area (Å²) < 4.78 is 5.32. The maximum atomic E-state index is 11.9. The second kappa shape index (κ2) is 4.99. The molecular formula is C18H22N2O3. The Kier molecular flexibility index (Phi) is 3.17. The molecule has 4 rings (SSSR count). The standard InChI is InChI=1S/C18H22N2O3/c1-18-14(17(21)22)4-3-8-20(18)9-7-13-12-6-5-11(23-2)10-15(12)19-16(13)18/h5-6,10,14,19H,3-4,7-9H2,1-2H3,(H,21,22). The van der Waals surface area contributed by atoms with E-state index < -0.39 is 11.5 Å². The van der Waals surface area contributed by atoms with E-state index in [-0.39, 0.29) is 5.92 Å². The Morgan fingerprint density at radius 1 is 1.43 bits per heavy atom. The van der Waals surface area contributed by atoms with Crippen molar-refractivity contribution in [2.45, 2.75) is 31.7 Å². The zero-order valence-corrected chi connectivity index (χ0v) is 13.6. The van der Waals surface area contributed by atoms with E-state index in [4.69, 9.17) is 4.74 Å². The van der Waals surface area contributed by atoms with Crippen LogP contribution in [0.4, 0.5) is 0 Å². The summed E-state index contributed by atoms with van der Waals surface area (Å²) in [5.74, 6) is -0.247. The third kappa shape index (κ3) is 1.92. The van der Waals surface area contributed by atoms with Crippen LogP contribution < -0.4 is 4.74 Å². The van der Waals surface area contributed by atoms with Gasteiger partial charge in [0.15, 0.2) is 0 Å². The van der Waals surface area contributed by atoms with Crippen molar-refractivity contribution in [3.05, 3.63) is 29.5 Å². The van der Waals surface area contributed by atoms with Crippen LogP contribution in [0.15, 0.2) is 18.2 Å². The Bertz CT molecular complexity index is 782. The third-order valence-electron chi connectivity index (χ3n) is 5.81. The van der Waals surface area contributed by atoms with Gasteiger partial charge in [0.2, 0.25) is 0 Å². The minimum absolute atomic E-state index is 0.370. The fourth-order valence-electron chi connectivity index (χ4n) is 4.56. The summed E-state index contributed by atoms with van der Waals surface area (Å²) in [7, 11) is 1.66. The van der Waals surface area contributed by atoms with E-state index in [0.717, 1.165) is 49.3 Å². The van der Waals surface area contributed by atoms with Gasteiger partial charge < -0.3 is 14.8 Å². The first-order chi connectivity index (χ1) is 11.1. The van der Waals surface area contributed by atoms with Crippen LogP contribution in [0.1, 0.15) is 31.0 Å². The highest BCUT2D eigenvalue weighted by Crippen LogP contribution is 2.47. The number of aromatic nitrogens is 1. The summed E-state index contributed by atoms with van der Waals surface area (Å²) in [6.07, 6.45) is 2.65. The molecular weight excluding hydrogens is 292 g/mol. The number of aliphatic carboxylic acids is 1. The van der Waals surface area contributed by atoms with Crippen molar-refractivity contribution in [1.82, 2.24) is 9.88 Å². The van der Waals surface area contributed by atoms with Crippen LogP contribution in [0.5, 0.6) is 5.75 Å². The second-order valence-corrected chi connectivity index (χ2v) is 6.81. The number of carboxylic acid groups (broad SMARTS) is 1. The van der Waals surface area contributed by atoms with Crippen molar-refractivity contribution in [3.63, 3.8) is 0 Å². The summed E-state index contributed by atoms with van der Waals surface area (Å²) in [6, 6.07) is 6.06. The molecule has 2 atom stereocenters. The van der Waals surface area contributed by atoms with Crippen molar-refractivity contribution in [2.75, 3.05) is 20.2 Å². The molecule has 1 aromatic carbocycles. The molecule has 2 aromatic rings. The molecule has 0 amide bonds. The van der Waals surface area contributed by atoms with Gasteiger partial charge in [-0.15, -0.1) is 0 Å². The Labute approximate surface area is 135 Å². The highest BCUT2D eigenvalue weighted by molar-refractivity contribution is 5.87. The van der Waals surface area contributed by atoms with Gasteiger partial charge >= 0.3 is 5.97 Å². The lowest BCUT2D eigenvalue weighted by molar-refractivity contribution is -0.152. The Balaban J connectivity index is 1.93. The number of piperidine rings is 1. The van der Waals surface area contributed by atoms with Crippen molar-refractivity contribution in [1.29, 1.82) is 0 Å². The van der Waals surface area contributed by atoms with Gasteiger partial charge in [-0.1, -0.05) is 0 Å². The van der Waals surface area contributed by atoms with Crippen LogP contribution in [0.3, 0.4) is 0 Å². The molecule has 2 unspecified atom stereocenters. The number of rotatable bonds is 2. The number of H-pyrrole nitrogens is 1. The van der Waals surface area contributed by atoms with E-state index in [1.165, 1.54) is 10.9 Å². The van der Waals surface area contributed by atoms with Crippen LogP contribution in [0.25, 0.3) is 10.9 Å². The number of ether oxygens (including phenoxy) is 1. The summed E-state index contributed by atoms with van der Waals surface area (Å²) in [4.78, 5) is 17.8. The minimum Gasteiger partial charge on any atom is -0.497 e. The van der Waals surface area contributed by atoms with E-state index in [2.05, 4.69) is 22.9 Å². The van der Waals surface area contributed by atoms with Crippen molar-refractivity contribution in [2.24, 2.45) is 5.92 Å². The molecule has 0 spiro atoms. The summed E-state index contributed by atoms with van der Waals surface area (Å²) in [6.45, 7) is 3.99. The van der Waals surface area contributed by atoms with Gasteiger partial charge in [0.1, 0.15) is 5.75 Å². The number of hydrogen-bond acceptors (Lipinski definition) is 3. The maximum Gasteiger partial charge on any atom is 0.308 e. The molecule has 23 heavy (non-hydrogen) atoms. The maximum absolute atomic E-state index is 11.9. The quantitative estimate of drug-likeness (QED) is 0.894. The molecule has 2 aliphatic rings.